The number of hydrogen-bond donors (Lipinski definition) is 6. The normalized spacial score (nSPS) is 24.2. The number of hydrogen-bond acceptors (Lipinski definition) is 10. The Labute approximate surface area is 231 Å². The first-order valence-corrected chi connectivity index (χ1v) is 12.9. The predicted molar refractivity (Wildman–Crippen MR) is 143 cm³/mol. The number of Topliss-reactive ketones (excluding diaryl/α,β-unsaturated/α-hetero) is 2. The molecule has 40 heavy (non-hydrogen) atoms. The maximum Gasteiger partial charge on any atom is 0.407 e. The number of phenols is 1. The first-order valence-electron chi connectivity index (χ1n) is 12.9. The van der Waals surface area contributed by atoms with Crippen molar-refractivity contribution in [2.24, 2.45) is 23.0 Å². The van der Waals surface area contributed by atoms with Gasteiger partial charge in [0.2, 0.25) is 5.78 Å². The van der Waals surface area contributed by atoms with E-state index in [0.29, 0.717) is 11.3 Å². The molecule has 2 amide bonds. The van der Waals surface area contributed by atoms with Crippen molar-refractivity contribution >= 4 is 29.3 Å². The van der Waals surface area contributed by atoms with Gasteiger partial charge in [0.25, 0.3) is 5.91 Å². The molecule has 0 radical (unpaired) electrons. The minimum Gasteiger partial charge on any atom is -0.511 e. The van der Waals surface area contributed by atoms with Gasteiger partial charge in [-0.15, -0.1) is 0 Å². The van der Waals surface area contributed by atoms with Crippen LogP contribution in [-0.2, 0) is 27.3 Å². The minimum atomic E-state index is -2.63. The molecule has 0 fully saturated rings. The van der Waals surface area contributed by atoms with E-state index in [2.05, 4.69) is 5.32 Å². The number of aliphatic hydroxyl groups excluding tert-OH is 2. The third kappa shape index (κ3) is 4.66. The van der Waals surface area contributed by atoms with Crippen molar-refractivity contribution in [3.05, 3.63) is 45.4 Å². The Balaban J connectivity index is 1.76. The van der Waals surface area contributed by atoms with Crippen LogP contribution in [0.4, 0.5) is 10.5 Å². The molecule has 0 aromatic heterocycles. The van der Waals surface area contributed by atoms with E-state index in [0.717, 1.165) is 0 Å². The Kier molecular flexibility index (Phi) is 7.12. The SMILES string of the molecule is CN(C)c1cc(CNC(=O)OCC(C)(C)C)c(O)c2c1C[C@H]1C[C@H]3CC(O)=C(C(N)=O)C(=O)[C@@]3(O)C(O)=C1C2=O. The number of rotatable bonds is 5. The predicted octanol–water partition coefficient (Wildman–Crippen LogP) is 1.92. The number of carbonyl (C=O) groups excluding carboxylic acids is 4. The third-order valence-corrected chi connectivity index (χ3v) is 7.66. The molecular formula is C28H35N3O9. The van der Waals surface area contributed by atoms with Crippen molar-refractivity contribution in [2.75, 3.05) is 25.6 Å². The average Bonchev–Trinajstić information content (AvgIpc) is 2.83. The summed E-state index contributed by atoms with van der Waals surface area (Å²) in [6.45, 7) is 5.71. The molecule has 0 unspecified atom stereocenters. The Bertz CT molecular complexity index is 1390. The molecular weight excluding hydrogens is 522 g/mol. The molecule has 3 atom stereocenters. The molecule has 3 aliphatic carbocycles. The van der Waals surface area contributed by atoms with Gasteiger partial charge < -0.3 is 41.1 Å². The second-order valence-corrected chi connectivity index (χ2v) is 12.1. The van der Waals surface area contributed by atoms with Crippen molar-refractivity contribution < 1.29 is 44.3 Å². The van der Waals surface area contributed by atoms with Crippen molar-refractivity contribution in [3.63, 3.8) is 0 Å². The summed E-state index contributed by atoms with van der Waals surface area (Å²) in [6.07, 6.45) is -0.781. The fourth-order valence-corrected chi connectivity index (χ4v) is 5.76. The topological polar surface area (TPSA) is 200 Å². The molecule has 1 aromatic carbocycles. The van der Waals surface area contributed by atoms with E-state index in [1.807, 2.05) is 20.8 Å². The van der Waals surface area contributed by atoms with Gasteiger partial charge in [-0.2, -0.15) is 0 Å². The number of alkyl carbamates (subject to hydrolysis) is 1. The molecule has 4 rings (SSSR count). The van der Waals surface area contributed by atoms with Crippen LogP contribution in [0, 0.1) is 17.3 Å². The number of aliphatic hydroxyl groups is 3. The van der Waals surface area contributed by atoms with E-state index in [9.17, 15) is 39.6 Å². The average molecular weight is 558 g/mol. The lowest BCUT2D eigenvalue weighted by Gasteiger charge is -2.46. The van der Waals surface area contributed by atoms with Gasteiger partial charge in [-0.1, -0.05) is 20.8 Å². The number of amides is 2. The zero-order valence-corrected chi connectivity index (χ0v) is 23.1. The number of phenolic OH excluding ortho intramolecular Hbond substituents is 1. The molecule has 0 heterocycles. The maximum absolute atomic E-state index is 13.9. The van der Waals surface area contributed by atoms with Gasteiger partial charge in [0.15, 0.2) is 11.4 Å². The summed E-state index contributed by atoms with van der Waals surface area (Å²) in [4.78, 5) is 52.8. The number of carbonyl (C=O) groups is 4. The summed E-state index contributed by atoms with van der Waals surface area (Å²) in [5.74, 6) is -6.89. The summed E-state index contributed by atoms with van der Waals surface area (Å²) < 4.78 is 5.21. The van der Waals surface area contributed by atoms with Gasteiger partial charge in [-0.25, -0.2) is 4.79 Å². The maximum atomic E-state index is 13.9. The van der Waals surface area contributed by atoms with Gasteiger partial charge in [0.1, 0.15) is 22.8 Å². The van der Waals surface area contributed by atoms with E-state index in [4.69, 9.17) is 10.5 Å². The fourth-order valence-electron chi connectivity index (χ4n) is 5.76. The molecule has 0 saturated heterocycles. The number of nitrogens with zero attached hydrogens (tertiary/aromatic N) is 1. The smallest absolute Gasteiger partial charge is 0.407 e. The Hall–Kier alpha value is -4.06. The largest absolute Gasteiger partial charge is 0.511 e. The monoisotopic (exact) mass is 557 g/mol. The van der Waals surface area contributed by atoms with Crippen LogP contribution in [0.1, 0.15) is 55.1 Å². The van der Waals surface area contributed by atoms with Crippen LogP contribution < -0.4 is 16.0 Å². The molecule has 216 valence electrons. The number of nitrogens with one attached hydrogen (secondary N) is 1. The van der Waals surface area contributed by atoms with Crippen LogP contribution in [-0.4, -0.2) is 70.3 Å². The zero-order valence-electron chi connectivity index (χ0n) is 23.1. The lowest BCUT2D eigenvalue weighted by atomic mass is 9.60. The fraction of sp³-hybridized carbons (Fsp3) is 0.500. The summed E-state index contributed by atoms with van der Waals surface area (Å²) in [7, 11) is 3.50. The second kappa shape index (κ2) is 9.84. The number of aromatic hydroxyl groups is 1. The van der Waals surface area contributed by atoms with E-state index in [1.54, 1.807) is 25.1 Å². The van der Waals surface area contributed by atoms with Crippen LogP contribution in [0.5, 0.6) is 5.75 Å². The zero-order chi connectivity index (χ0) is 29.9. The molecule has 7 N–H and O–H groups in total. The molecule has 12 heteroatoms. The Morgan fingerprint density at radius 2 is 1.82 bits per heavy atom. The first kappa shape index (κ1) is 28.9. The van der Waals surface area contributed by atoms with Crippen molar-refractivity contribution in [1.82, 2.24) is 5.32 Å². The molecule has 3 aliphatic rings. The quantitative estimate of drug-likeness (QED) is 0.291. The van der Waals surface area contributed by atoms with Crippen LogP contribution in [0.15, 0.2) is 28.7 Å². The van der Waals surface area contributed by atoms with Crippen LogP contribution in [0.3, 0.4) is 0 Å². The van der Waals surface area contributed by atoms with Gasteiger partial charge in [0.05, 0.1) is 12.2 Å². The first-order chi connectivity index (χ1) is 18.5. The Morgan fingerprint density at radius 1 is 1.18 bits per heavy atom. The highest BCUT2D eigenvalue weighted by atomic mass is 16.5. The van der Waals surface area contributed by atoms with Gasteiger partial charge in [0, 0.05) is 49.8 Å². The van der Waals surface area contributed by atoms with E-state index < -0.39 is 63.8 Å². The molecule has 0 spiro atoms. The molecule has 0 saturated carbocycles. The van der Waals surface area contributed by atoms with Crippen LogP contribution in [0.2, 0.25) is 0 Å². The number of primary amides is 1. The molecule has 0 aliphatic heterocycles. The second-order valence-electron chi connectivity index (χ2n) is 12.1. The summed E-state index contributed by atoms with van der Waals surface area (Å²) >= 11 is 0. The number of nitrogens with two attached hydrogens (primary N) is 1. The van der Waals surface area contributed by atoms with Gasteiger partial charge in [-0.05, 0) is 35.8 Å². The van der Waals surface area contributed by atoms with Crippen molar-refractivity contribution in [1.29, 1.82) is 0 Å². The molecule has 0 bridgehead atoms. The highest BCUT2D eigenvalue weighted by molar-refractivity contribution is 6.24. The van der Waals surface area contributed by atoms with Crippen molar-refractivity contribution in [2.45, 2.75) is 52.2 Å². The number of fused-ring (bicyclic) bond motifs is 3. The third-order valence-electron chi connectivity index (χ3n) is 7.66. The minimum absolute atomic E-state index is 0.0411. The Morgan fingerprint density at radius 3 is 2.40 bits per heavy atom. The number of allylic oxidation sites excluding steroid dienone is 2. The summed E-state index contributed by atoms with van der Waals surface area (Å²) in [6, 6.07) is 1.65. The number of ether oxygens (including phenoxy) is 1. The summed E-state index contributed by atoms with van der Waals surface area (Å²) in [5.41, 5.74) is 2.47. The van der Waals surface area contributed by atoms with E-state index in [-0.39, 0.29) is 54.5 Å². The number of benzene rings is 1. The van der Waals surface area contributed by atoms with Crippen LogP contribution in [0.25, 0.3) is 0 Å². The lowest BCUT2D eigenvalue weighted by Crippen LogP contribution is -2.57. The lowest BCUT2D eigenvalue weighted by molar-refractivity contribution is -0.144. The standard InChI is InChI=1S/C28H35N3O9/c1-27(2,3)11-40-26(38)30-10-13-8-16(31(4)5)15-7-12-6-14-9-17(32)20(25(29)37)24(36)28(14,39)23(35)18(12)22(34)19(15)21(13)33/h8,12,14,32-33,35,39H,6-7,9-11H2,1-5H3,(H2,29,37)(H,30,38)/t12-,14+,28+/m1/s1. The van der Waals surface area contributed by atoms with E-state index in [1.165, 1.54) is 0 Å². The van der Waals surface area contributed by atoms with E-state index >= 15 is 0 Å². The van der Waals surface area contributed by atoms with Gasteiger partial charge >= 0.3 is 6.09 Å². The highest BCUT2D eigenvalue weighted by Gasteiger charge is 2.59. The molecule has 1 aromatic rings. The molecule has 12 nitrogen and oxygen atoms in total. The highest BCUT2D eigenvalue weighted by Crippen LogP contribution is 2.52. The van der Waals surface area contributed by atoms with Gasteiger partial charge in [-0.3, -0.25) is 14.4 Å². The number of anilines is 1. The van der Waals surface area contributed by atoms with Crippen molar-refractivity contribution in [3.8, 4) is 5.75 Å². The van der Waals surface area contributed by atoms with Crippen LogP contribution >= 0.6 is 0 Å². The summed E-state index contributed by atoms with van der Waals surface area (Å²) in [5, 5.41) is 46.7. The number of ketones is 2.